The number of fused-ring (bicyclic) bond motifs is 6. The lowest BCUT2D eigenvalue weighted by atomic mass is 9.90. The Bertz CT molecular complexity index is 946. The summed E-state index contributed by atoms with van der Waals surface area (Å²) in [7, 11) is 0. The van der Waals surface area contributed by atoms with E-state index in [1.165, 1.54) is 54.6 Å². The van der Waals surface area contributed by atoms with E-state index in [-0.39, 0.29) is 0 Å². The molecule has 4 aromatic carbocycles. The lowest BCUT2D eigenvalue weighted by Gasteiger charge is -2.13. The molecular weight excluding hydrogens is 264 g/mol. The number of aryl methyl sites for hydroxylation is 4. The molecular formula is C22H20. The van der Waals surface area contributed by atoms with Crippen LogP contribution in [0.4, 0.5) is 0 Å². The largest absolute Gasteiger partial charge is 0.0587 e. The summed E-state index contributed by atoms with van der Waals surface area (Å²) in [5, 5.41) is 8.21. The van der Waals surface area contributed by atoms with E-state index >= 15 is 0 Å². The summed E-state index contributed by atoms with van der Waals surface area (Å²) in [4.78, 5) is 0. The predicted molar refractivity (Wildman–Crippen MR) is 97.9 cm³/mol. The van der Waals surface area contributed by atoms with Crippen LogP contribution < -0.4 is 0 Å². The highest BCUT2D eigenvalue weighted by atomic mass is 14.1. The van der Waals surface area contributed by atoms with Gasteiger partial charge in [0, 0.05) is 0 Å². The van der Waals surface area contributed by atoms with E-state index in [1.807, 2.05) is 0 Å². The molecule has 0 spiro atoms. The van der Waals surface area contributed by atoms with E-state index in [4.69, 9.17) is 0 Å². The van der Waals surface area contributed by atoms with Gasteiger partial charge >= 0.3 is 0 Å². The zero-order valence-electron chi connectivity index (χ0n) is 13.6. The minimum absolute atomic E-state index is 1.32. The van der Waals surface area contributed by atoms with E-state index in [9.17, 15) is 0 Å². The summed E-state index contributed by atoms with van der Waals surface area (Å²) in [6.45, 7) is 8.75. The van der Waals surface area contributed by atoms with Crippen molar-refractivity contribution in [2.45, 2.75) is 27.7 Å². The maximum atomic E-state index is 2.35. The van der Waals surface area contributed by atoms with E-state index in [1.54, 1.807) is 0 Å². The predicted octanol–water partition coefficient (Wildman–Crippen LogP) is 6.38. The molecule has 0 bridgehead atoms. The summed E-state index contributed by atoms with van der Waals surface area (Å²) in [5.41, 5.74) is 5.36. The highest BCUT2D eigenvalue weighted by molar-refractivity contribution is 6.25. The van der Waals surface area contributed by atoms with Gasteiger partial charge in [0.15, 0.2) is 0 Å². The fourth-order valence-corrected chi connectivity index (χ4v) is 3.49. The Morgan fingerprint density at radius 1 is 0.409 bits per heavy atom. The summed E-state index contributed by atoms with van der Waals surface area (Å²) >= 11 is 0. The van der Waals surface area contributed by atoms with Gasteiger partial charge in [-0.25, -0.2) is 0 Å². The van der Waals surface area contributed by atoms with Crippen molar-refractivity contribution in [3.05, 3.63) is 70.8 Å². The quantitative estimate of drug-likeness (QED) is 0.329. The first-order valence-corrected chi connectivity index (χ1v) is 7.88. The summed E-state index contributed by atoms with van der Waals surface area (Å²) < 4.78 is 0. The Kier molecular flexibility index (Phi) is 2.77. The normalized spacial score (nSPS) is 11.6. The first-order chi connectivity index (χ1) is 10.5. The van der Waals surface area contributed by atoms with Crippen LogP contribution in [0, 0.1) is 27.7 Å². The Labute approximate surface area is 131 Å². The van der Waals surface area contributed by atoms with Crippen LogP contribution in [-0.2, 0) is 0 Å². The van der Waals surface area contributed by atoms with Crippen LogP contribution in [0.25, 0.3) is 32.3 Å². The molecule has 0 aliphatic heterocycles. The second kappa shape index (κ2) is 4.58. The Balaban J connectivity index is 2.39. The highest BCUT2D eigenvalue weighted by Crippen LogP contribution is 2.37. The van der Waals surface area contributed by atoms with Crippen LogP contribution in [-0.4, -0.2) is 0 Å². The van der Waals surface area contributed by atoms with Crippen LogP contribution in [0.1, 0.15) is 22.3 Å². The van der Waals surface area contributed by atoms with Gasteiger partial charge in [-0.2, -0.15) is 0 Å². The maximum Gasteiger partial charge on any atom is -0.00961 e. The average molecular weight is 284 g/mol. The molecule has 0 saturated heterocycles. The molecule has 0 atom stereocenters. The van der Waals surface area contributed by atoms with Gasteiger partial charge < -0.3 is 0 Å². The standard InChI is InChI=1S/C22H20/c1-13-5-7-17-19(9-13)20-10-14(2)6-8-18(20)22-12-16(4)15(3)11-21(17)22/h5-12H,1-4H3. The third-order valence-electron chi connectivity index (χ3n) is 4.85. The van der Waals surface area contributed by atoms with Crippen molar-refractivity contribution < 1.29 is 0 Å². The molecule has 0 saturated carbocycles. The third kappa shape index (κ3) is 1.84. The Morgan fingerprint density at radius 3 is 1.18 bits per heavy atom. The number of benzene rings is 4. The molecule has 0 heterocycles. The van der Waals surface area contributed by atoms with Gasteiger partial charge in [0.1, 0.15) is 0 Å². The lowest BCUT2D eigenvalue weighted by molar-refractivity contribution is 1.37. The van der Waals surface area contributed by atoms with Gasteiger partial charge in [-0.15, -0.1) is 0 Å². The molecule has 4 aromatic rings. The van der Waals surface area contributed by atoms with Crippen molar-refractivity contribution >= 4 is 32.3 Å². The molecule has 0 aliphatic rings. The highest BCUT2D eigenvalue weighted by Gasteiger charge is 2.10. The Hall–Kier alpha value is -2.34. The zero-order valence-corrected chi connectivity index (χ0v) is 13.6. The fourth-order valence-electron chi connectivity index (χ4n) is 3.49. The van der Waals surface area contributed by atoms with Gasteiger partial charge in [-0.05, 0) is 71.1 Å². The van der Waals surface area contributed by atoms with Crippen molar-refractivity contribution in [2.75, 3.05) is 0 Å². The molecule has 4 rings (SSSR count). The second-order valence-corrected chi connectivity index (χ2v) is 6.58. The van der Waals surface area contributed by atoms with Crippen molar-refractivity contribution in [2.24, 2.45) is 0 Å². The van der Waals surface area contributed by atoms with Gasteiger partial charge in [-0.1, -0.05) is 59.7 Å². The molecule has 0 fully saturated rings. The fraction of sp³-hybridized carbons (Fsp3) is 0.182. The first-order valence-electron chi connectivity index (χ1n) is 7.88. The minimum Gasteiger partial charge on any atom is -0.0587 e. The van der Waals surface area contributed by atoms with Crippen molar-refractivity contribution in [3.63, 3.8) is 0 Å². The molecule has 108 valence electrons. The average Bonchev–Trinajstić information content (AvgIpc) is 2.49. The third-order valence-corrected chi connectivity index (χ3v) is 4.85. The summed E-state index contributed by atoms with van der Waals surface area (Å²) in [5.74, 6) is 0. The molecule has 0 unspecified atom stereocenters. The molecule has 0 N–H and O–H groups in total. The molecule has 0 aliphatic carbocycles. The van der Waals surface area contributed by atoms with E-state index in [0.29, 0.717) is 0 Å². The van der Waals surface area contributed by atoms with Crippen molar-refractivity contribution in [1.82, 2.24) is 0 Å². The Morgan fingerprint density at radius 2 is 0.773 bits per heavy atom. The summed E-state index contributed by atoms with van der Waals surface area (Å²) in [6, 6.07) is 18.4. The molecule has 0 amide bonds. The van der Waals surface area contributed by atoms with E-state index in [0.717, 1.165) is 0 Å². The topological polar surface area (TPSA) is 0 Å². The first kappa shape index (κ1) is 13.3. The van der Waals surface area contributed by atoms with E-state index in [2.05, 4.69) is 76.2 Å². The zero-order chi connectivity index (χ0) is 15.4. The van der Waals surface area contributed by atoms with Crippen LogP contribution in [0.2, 0.25) is 0 Å². The number of rotatable bonds is 0. The monoisotopic (exact) mass is 284 g/mol. The molecule has 0 radical (unpaired) electrons. The van der Waals surface area contributed by atoms with E-state index < -0.39 is 0 Å². The summed E-state index contributed by atoms with van der Waals surface area (Å²) in [6.07, 6.45) is 0. The smallest absolute Gasteiger partial charge is 0.00961 e. The van der Waals surface area contributed by atoms with Crippen molar-refractivity contribution in [1.29, 1.82) is 0 Å². The lowest BCUT2D eigenvalue weighted by Crippen LogP contribution is -1.88. The maximum absolute atomic E-state index is 2.35. The van der Waals surface area contributed by atoms with Gasteiger partial charge in [0.2, 0.25) is 0 Å². The van der Waals surface area contributed by atoms with Crippen LogP contribution in [0.3, 0.4) is 0 Å². The van der Waals surface area contributed by atoms with Gasteiger partial charge in [-0.3, -0.25) is 0 Å². The minimum atomic E-state index is 1.32. The molecule has 0 heteroatoms. The second-order valence-electron chi connectivity index (χ2n) is 6.58. The number of hydrogen-bond donors (Lipinski definition) is 0. The number of hydrogen-bond acceptors (Lipinski definition) is 0. The molecule has 22 heavy (non-hydrogen) atoms. The van der Waals surface area contributed by atoms with Crippen molar-refractivity contribution in [3.8, 4) is 0 Å². The SMILES string of the molecule is Cc1ccc2c(c1)c1cc(C)ccc1c1cc(C)c(C)cc21. The van der Waals surface area contributed by atoms with Crippen LogP contribution >= 0.6 is 0 Å². The van der Waals surface area contributed by atoms with Gasteiger partial charge in [0.25, 0.3) is 0 Å². The van der Waals surface area contributed by atoms with Gasteiger partial charge in [0.05, 0.1) is 0 Å². The molecule has 0 aromatic heterocycles. The molecule has 0 nitrogen and oxygen atoms in total. The van der Waals surface area contributed by atoms with Crippen LogP contribution in [0.5, 0.6) is 0 Å². The van der Waals surface area contributed by atoms with Crippen LogP contribution in [0.15, 0.2) is 48.5 Å².